The number of ether oxygens (including phenoxy) is 1. The lowest BCUT2D eigenvalue weighted by atomic mass is 10.1. The lowest BCUT2D eigenvalue weighted by molar-refractivity contribution is -0.118. The fourth-order valence-electron chi connectivity index (χ4n) is 3.18. The van der Waals surface area contributed by atoms with Gasteiger partial charge in [0, 0.05) is 37.6 Å². The van der Waals surface area contributed by atoms with E-state index in [4.69, 9.17) is 4.74 Å². The number of likely N-dealkylation sites (N-methyl/N-ethyl adjacent to an activating group) is 1. The summed E-state index contributed by atoms with van der Waals surface area (Å²) in [6.07, 6.45) is 0. The van der Waals surface area contributed by atoms with Crippen molar-refractivity contribution in [2.45, 2.75) is 13.8 Å². The number of aryl methyl sites for hydroxylation is 2. The Labute approximate surface area is 155 Å². The fraction of sp³-hybridized carbons (Fsp3) is 0.381. The van der Waals surface area contributed by atoms with Gasteiger partial charge in [0.25, 0.3) is 5.91 Å². The molecule has 1 aliphatic heterocycles. The number of anilines is 2. The van der Waals surface area contributed by atoms with Crippen molar-refractivity contribution >= 4 is 17.3 Å². The van der Waals surface area contributed by atoms with Gasteiger partial charge < -0.3 is 19.9 Å². The molecule has 0 atom stereocenters. The molecule has 1 saturated heterocycles. The van der Waals surface area contributed by atoms with Crippen LogP contribution in [0.15, 0.2) is 42.5 Å². The molecule has 0 spiro atoms. The number of carbonyl (C=O) groups excluding carboxylic acids is 1. The Bertz CT molecular complexity index is 730. The van der Waals surface area contributed by atoms with Crippen LogP contribution in [-0.4, -0.2) is 50.6 Å². The molecule has 26 heavy (non-hydrogen) atoms. The van der Waals surface area contributed by atoms with E-state index in [0.717, 1.165) is 48.7 Å². The Hall–Kier alpha value is -2.53. The van der Waals surface area contributed by atoms with E-state index in [0.29, 0.717) is 0 Å². The molecule has 138 valence electrons. The smallest absolute Gasteiger partial charge is 0.262 e. The van der Waals surface area contributed by atoms with Crippen molar-refractivity contribution in [3.8, 4) is 5.75 Å². The number of carbonyl (C=O) groups is 1. The molecular formula is C21H27N3O2. The van der Waals surface area contributed by atoms with Crippen molar-refractivity contribution in [2.24, 2.45) is 0 Å². The standard InChI is InChI=1S/C21H27N3O2/c1-16-12-17(2)14-20(13-16)26-15-21(25)22-18-4-6-19(7-5-18)24-10-8-23(3)9-11-24/h4-7,12-14H,8-11,15H2,1-3H3,(H,22,25). The lowest BCUT2D eigenvalue weighted by Gasteiger charge is -2.34. The quantitative estimate of drug-likeness (QED) is 0.897. The van der Waals surface area contributed by atoms with Crippen LogP contribution < -0.4 is 15.0 Å². The zero-order valence-electron chi connectivity index (χ0n) is 15.8. The van der Waals surface area contributed by atoms with Crippen LogP contribution in [0.4, 0.5) is 11.4 Å². The highest BCUT2D eigenvalue weighted by Gasteiger charge is 2.14. The minimum atomic E-state index is -0.156. The number of benzene rings is 2. The van der Waals surface area contributed by atoms with Gasteiger partial charge in [-0.3, -0.25) is 4.79 Å². The molecule has 0 aliphatic carbocycles. The molecule has 1 heterocycles. The Morgan fingerprint density at radius 3 is 2.23 bits per heavy atom. The van der Waals surface area contributed by atoms with Gasteiger partial charge in [-0.2, -0.15) is 0 Å². The normalized spacial score (nSPS) is 15.0. The number of rotatable bonds is 5. The number of hydrogen-bond acceptors (Lipinski definition) is 4. The van der Waals surface area contributed by atoms with Gasteiger partial charge in [-0.25, -0.2) is 0 Å². The van der Waals surface area contributed by atoms with Crippen LogP contribution in [0.25, 0.3) is 0 Å². The Balaban J connectivity index is 1.51. The first-order chi connectivity index (χ1) is 12.5. The zero-order chi connectivity index (χ0) is 18.5. The molecule has 1 aliphatic rings. The molecule has 0 aromatic heterocycles. The lowest BCUT2D eigenvalue weighted by Crippen LogP contribution is -2.44. The first-order valence-corrected chi connectivity index (χ1v) is 9.04. The SMILES string of the molecule is Cc1cc(C)cc(OCC(=O)Nc2ccc(N3CCN(C)CC3)cc2)c1. The van der Waals surface area contributed by atoms with E-state index in [2.05, 4.69) is 40.4 Å². The van der Waals surface area contributed by atoms with E-state index in [1.165, 1.54) is 5.69 Å². The van der Waals surface area contributed by atoms with Crippen molar-refractivity contribution in [2.75, 3.05) is 50.1 Å². The Kier molecular flexibility index (Phi) is 5.78. The predicted octanol–water partition coefficient (Wildman–Crippen LogP) is 3.07. The molecule has 1 N–H and O–H groups in total. The highest BCUT2D eigenvalue weighted by Crippen LogP contribution is 2.20. The highest BCUT2D eigenvalue weighted by atomic mass is 16.5. The van der Waals surface area contributed by atoms with Gasteiger partial charge >= 0.3 is 0 Å². The highest BCUT2D eigenvalue weighted by molar-refractivity contribution is 5.92. The number of piperazine rings is 1. The van der Waals surface area contributed by atoms with Crippen LogP contribution in [0.3, 0.4) is 0 Å². The van der Waals surface area contributed by atoms with E-state index < -0.39 is 0 Å². The van der Waals surface area contributed by atoms with Gasteiger partial charge in [0.2, 0.25) is 0 Å². The third kappa shape index (κ3) is 4.99. The van der Waals surface area contributed by atoms with Crippen molar-refractivity contribution in [3.05, 3.63) is 53.6 Å². The fourth-order valence-corrected chi connectivity index (χ4v) is 3.18. The second-order valence-electron chi connectivity index (χ2n) is 7.00. The Morgan fingerprint density at radius 1 is 1.00 bits per heavy atom. The van der Waals surface area contributed by atoms with Gasteiger partial charge in [0.15, 0.2) is 6.61 Å². The van der Waals surface area contributed by atoms with Crippen molar-refractivity contribution < 1.29 is 9.53 Å². The molecule has 5 heteroatoms. The number of nitrogens with one attached hydrogen (secondary N) is 1. The van der Waals surface area contributed by atoms with Gasteiger partial charge in [-0.1, -0.05) is 6.07 Å². The summed E-state index contributed by atoms with van der Waals surface area (Å²) in [5, 5.41) is 2.89. The summed E-state index contributed by atoms with van der Waals surface area (Å²) in [5.74, 6) is 0.569. The van der Waals surface area contributed by atoms with Crippen molar-refractivity contribution in [3.63, 3.8) is 0 Å². The minimum Gasteiger partial charge on any atom is -0.484 e. The monoisotopic (exact) mass is 353 g/mol. The van der Waals surface area contributed by atoms with E-state index in [1.54, 1.807) is 0 Å². The largest absolute Gasteiger partial charge is 0.484 e. The zero-order valence-corrected chi connectivity index (χ0v) is 15.8. The van der Waals surface area contributed by atoms with Gasteiger partial charge in [-0.05, 0) is 68.4 Å². The van der Waals surface area contributed by atoms with E-state index in [9.17, 15) is 4.79 Å². The van der Waals surface area contributed by atoms with Crippen LogP contribution in [0.2, 0.25) is 0 Å². The van der Waals surface area contributed by atoms with Crippen LogP contribution >= 0.6 is 0 Å². The average Bonchev–Trinajstić information content (AvgIpc) is 2.61. The average molecular weight is 353 g/mol. The molecule has 0 radical (unpaired) electrons. The molecule has 0 unspecified atom stereocenters. The second kappa shape index (κ2) is 8.23. The number of hydrogen-bond donors (Lipinski definition) is 1. The molecule has 3 rings (SSSR count). The van der Waals surface area contributed by atoms with Crippen molar-refractivity contribution in [1.29, 1.82) is 0 Å². The van der Waals surface area contributed by atoms with Crippen LogP contribution in [0.5, 0.6) is 5.75 Å². The molecule has 2 aromatic carbocycles. The summed E-state index contributed by atoms with van der Waals surface area (Å²) >= 11 is 0. The molecule has 2 aromatic rings. The minimum absolute atomic E-state index is 0.00308. The topological polar surface area (TPSA) is 44.8 Å². The van der Waals surface area contributed by atoms with Gasteiger partial charge in [-0.15, -0.1) is 0 Å². The molecule has 5 nitrogen and oxygen atoms in total. The van der Waals surface area contributed by atoms with E-state index >= 15 is 0 Å². The van der Waals surface area contributed by atoms with Crippen LogP contribution in [0.1, 0.15) is 11.1 Å². The summed E-state index contributed by atoms with van der Waals surface area (Å²) in [7, 11) is 2.15. The predicted molar refractivity (Wildman–Crippen MR) is 106 cm³/mol. The molecular weight excluding hydrogens is 326 g/mol. The molecule has 0 bridgehead atoms. The Morgan fingerprint density at radius 2 is 1.62 bits per heavy atom. The molecule has 1 fully saturated rings. The summed E-state index contributed by atoms with van der Waals surface area (Å²) < 4.78 is 5.61. The van der Waals surface area contributed by atoms with Gasteiger partial charge in [0.1, 0.15) is 5.75 Å². The summed E-state index contributed by atoms with van der Waals surface area (Å²) in [6.45, 7) is 8.26. The first-order valence-electron chi connectivity index (χ1n) is 9.04. The maximum Gasteiger partial charge on any atom is 0.262 e. The summed E-state index contributed by atoms with van der Waals surface area (Å²) in [6, 6.07) is 14.0. The maximum absolute atomic E-state index is 12.1. The summed E-state index contributed by atoms with van der Waals surface area (Å²) in [5.41, 5.74) is 4.24. The number of amides is 1. The van der Waals surface area contributed by atoms with Crippen molar-refractivity contribution in [1.82, 2.24) is 4.90 Å². The van der Waals surface area contributed by atoms with Gasteiger partial charge in [0.05, 0.1) is 0 Å². The van der Waals surface area contributed by atoms with Crippen LogP contribution in [-0.2, 0) is 4.79 Å². The number of nitrogens with zero attached hydrogens (tertiary/aromatic N) is 2. The van der Waals surface area contributed by atoms with Crippen LogP contribution in [0, 0.1) is 13.8 Å². The summed E-state index contributed by atoms with van der Waals surface area (Å²) in [4.78, 5) is 16.8. The molecule has 0 saturated carbocycles. The van der Waals surface area contributed by atoms with E-state index in [-0.39, 0.29) is 12.5 Å². The molecule has 1 amide bonds. The second-order valence-corrected chi connectivity index (χ2v) is 7.00. The first kappa shape index (κ1) is 18.3. The van der Waals surface area contributed by atoms with E-state index in [1.807, 2.05) is 38.1 Å². The third-order valence-electron chi connectivity index (χ3n) is 4.58. The third-order valence-corrected chi connectivity index (χ3v) is 4.58. The maximum atomic E-state index is 12.1.